The molecule has 0 aliphatic rings. The Morgan fingerprint density at radius 1 is 0.372 bits per heavy atom. The molecular weight excluding hydrogens is 1180 g/mol. The maximum atomic E-state index is 13.1. The Hall–Kier alpha value is -1.80. The number of nitrogens with zero attached hydrogens (tertiary/aromatic N) is 1. The van der Waals surface area contributed by atoms with Crippen LogP contribution in [0.3, 0.4) is 0 Å². The predicted octanol–water partition coefficient (Wildman–Crippen LogP) is 27.5. The fraction of sp³-hybridized carbons (Fsp3) is 0.871. The van der Waals surface area contributed by atoms with E-state index in [-0.39, 0.29) is 19.1 Å². The molecule has 9 heteroatoms. The van der Waals surface area contributed by atoms with Crippen LogP contribution in [0.25, 0.3) is 0 Å². The van der Waals surface area contributed by atoms with Gasteiger partial charge in [-0.3, -0.25) is 13.8 Å². The summed E-state index contributed by atoms with van der Waals surface area (Å²) in [5, 5.41) is 14.2. The van der Waals surface area contributed by atoms with Gasteiger partial charge >= 0.3 is 7.82 Å². The number of quaternary nitrogens is 1. The van der Waals surface area contributed by atoms with Crippen molar-refractivity contribution in [3.05, 3.63) is 60.8 Å². The van der Waals surface area contributed by atoms with Gasteiger partial charge in [0.1, 0.15) is 13.2 Å². The lowest BCUT2D eigenvalue weighted by Gasteiger charge is -2.26. The average molecular weight is 1340 g/mol. The molecule has 0 bridgehead atoms. The number of carbonyl (C=O) groups excluding carboxylic acids is 1. The molecule has 0 saturated heterocycles. The number of rotatable bonds is 78. The lowest BCUT2D eigenvalue weighted by molar-refractivity contribution is -0.870. The molecule has 3 unspecified atom stereocenters. The van der Waals surface area contributed by atoms with Gasteiger partial charge < -0.3 is 19.8 Å². The number of aliphatic hydroxyl groups is 1. The first-order chi connectivity index (χ1) is 46.0. The van der Waals surface area contributed by atoms with Crippen molar-refractivity contribution in [3.8, 4) is 0 Å². The zero-order chi connectivity index (χ0) is 68.3. The zero-order valence-electron chi connectivity index (χ0n) is 63.7. The monoisotopic (exact) mass is 1340 g/mol. The highest BCUT2D eigenvalue weighted by Crippen LogP contribution is 2.43. The van der Waals surface area contributed by atoms with Crippen molar-refractivity contribution in [2.75, 3.05) is 40.9 Å². The number of hydrogen-bond donors (Lipinski definition) is 3. The van der Waals surface area contributed by atoms with E-state index in [2.05, 4.69) is 79.9 Å². The summed E-state index contributed by atoms with van der Waals surface area (Å²) in [6.07, 6.45) is 105. The van der Waals surface area contributed by atoms with E-state index in [1.165, 1.54) is 327 Å². The molecule has 1 amide bonds. The normalized spacial score (nSPS) is 13.7. The minimum atomic E-state index is -4.33. The van der Waals surface area contributed by atoms with Gasteiger partial charge in [0.2, 0.25) is 5.91 Å². The predicted molar refractivity (Wildman–Crippen MR) is 415 cm³/mol. The molecule has 3 N–H and O–H groups in total. The van der Waals surface area contributed by atoms with Gasteiger partial charge in [0.15, 0.2) is 0 Å². The smallest absolute Gasteiger partial charge is 0.391 e. The molecule has 0 aromatic heterocycles. The summed E-state index contributed by atoms with van der Waals surface area (Å²) < 4.78 is 24.0. The lowest BCUT2D eigenvalue weighted by atomic mass is 10.0. The molecule has 0 aromatic carbocycles. The first-order valence-corrected chi connectivity index (χ1v) is 43.1. The summed E-state index contributed by atoms with van der Waals surface area (Å²) in [5.41, 5.74) is 0. The summed E-state index contributed by atoms with van der Waals surface area (Å²) in [6.45, 7) is 4.84. The van der Waals surface area contributed by atoms with Crippen molar-refractivity contribution in [2.24, 2.45) is 0 Å². The third-order valence-electron chi connectivity index (χ3n) is 19.3. The quantitative estimate of drug-likeness (QED) is 0.0243. The lowest BCUT2D eigenvalue weighted by Crippen LogP contribution is -2.46. The number of aliphatic hydroxyl groups excluding tert-OH is 1. The molecule has 0 radical (unpaired) electrons. The van der Waals surface area contributed by atoms with Gasteiger partial charge in [-0.25, -0.2) is 4.57 Å². The van der Waals surface area contributed by atoms with Crippen molar-refractivity contribution in [1.82, 2.24) is 5.32 Å². The topological polar surface area (TPSA) is 105 Å². The van der Waals surface area contributed by atoms with E-state index in [0.29, 0.717) is 23.9 Å². The largest absolute Gasteiger partial charge is 0.472 e. The molecule has 8 nitrogen and oxygen atoms in total. The zero-order valence-corrected chi connectivity index (χ0v) is 64.6. The molecule has 0 heterocycles. The summed E-state index contributed by atoms with van der Waals surface area (Å²) in [4.78, 5) is 23.6. The molecule has 94 heavy (non-hydrogen) atoms. The van der Waals surface area contributed by atoms with Gasteiger partial charge in [-0.1, -0.05) is 421 Å². The van der Waals surface area contributed by atoms with Crippen LogP contribution >= 0.6 is 7.82 Å². The van der Waals surface area contributed by atoms with Crippen molar-refractivity contribution >= 4 is 13.7 Å². The number of hydrogen-bond acceptors (Lipinski definition) is 5. The molecule has 0 aliphatic heterocycles. The number of unbranched alkanes of at least 4 members (excludes halogenated alkanes) is 55. The maximum absolute atomic E-state index is 13.1. The van der Waals surface area contributed by atoms with Gasteiger partial charge in [-0.2, -0.15) is 0 Å². The maximum Gasteiger partial charge on any atom is 0.472 e. The first kappa shape index (κ1) is 92.2. The number of phosphoric ester groups is 1. The van der Waals surface area contributed by atoms with Crippen molar-refractivity contribution in [3.63, 3.8) is 0 Å². The van der Waals surface area contributed by atoms with Gasteiger partial charge in [0.25, 0.3) is 0 Å². The number of phosphoric acid groups is 1. The van der Waals surface area contributed by atoms with E-state index in [0.717, 1.165) is 70.6 Å². The number of amides is 1. The molecule has 3 atom stereocenters. The van der Waals surface area contributed by atoms with Crippen LogP contribution in [0.2, 0.25) is 0 Å². The second-order valence-electron chi connectivity index (χ2n) is 29.8. The summed E-state index contributed by atoms with van der Waals surface area (Å²) >= 11 is 0. The highest BCUT2D eigenvalue weighted by Gasteiger charge is 2.28. The van der Waals surface area contributed by atoms with Crippen molar-refractivity contribution in [1.29, 1.82) is 0 Å². The van der Waals surface area contributed by atoms with Crippen LogP contribution in [0.15, 0.2) is 60.8 Å². The van der Waals surface area contributed by atoms with E-state index in [4.69, 9.17) is 9.05 Å². The molecule has 0 rings (SSSR count). The van der Waals surface area contributed by atoms with Gasteiger partial charge in [-0.15, -0.1) is 0 Å². The summed E-state index contributed by atoms with van der Waals surface area (Å²) in [5.74, 6) is -0.135. The van der Waals surface area contributed by atoms with E-state index < -0.39 is 20.0 Å². The van der Waals surface area contributed by atoms with Crippen molar-refractivity contribution < 1.29 is 32.9 Å². The van der Waals surface area contributed by atoms with E-state index in [1.54, 1.807) is 0 Å². The Labute approximate surface area is 587 Å². The minimum Gasteiger partial charge on any atom is -0.391 e. The Morgan fingerprint density at radius 3 is 0.936 bits per heavy atom. The van der Waals surface area contributed by atoms with Gasteiger partial charge in [-0.05, 0) is 57.8 Å². The Morgan fingerprint density at radius 2 is 0.638 bits per heavy atom. The van der Waals surface area contributed by atoms with E-state index >= 15 is 0 Å². The Balaban J connectivity index is 3.88. The van der Waals surface area contributed by atoms with E-state index in [1.807, 2.05) is 21.1 Å². The van der Waals surface area contributed by atoms with Crippen LogP contribution in [0.5, 0.6) is 0 Å². The standard InChI is InChI=1S/C85H163N2O6P/c1-6-8-10-12-14-16-18-20-22-24-26-28-30-32-34-36-38-39-40-41-42-43-44-45-46-47-49-51-53-55-57-59-61-63-65-67-69-71-73-75-77-79-85(89)86-83(82-93-94(90,91)92-81-80-87(3,4)5)84(88)78-76-74-72-70-68-66-64-62-60-58-56-54-52-50-48-37-35-33-31-29-27-25-23-21-19-17-15-13-11-9-7-2/h8,10,14,16,20,22,26,28,32,34,83-84,88H,6-7,9,11-13,15,17-19,21,23-25,27,29-31,33,35-82H2,1-5H3,(H-,86,89,90,91)/p+1/b10-8-,16-14-,22-20-,28-26-,34-32-. The number of nitrogens with one attached hydrogen (secondary N) is 1. The van der Waals surface area contributed by atoms with Crippen LogP contribution in [0, 0.1) is 0 Å². The number of likely N-dealkylation sites (N-methyl/N-ethyl adjacent to an activating group) is 1. The first-order valence-electron chi connectivity index (χ1n) is 41.7. The van der Waals surface area contributed by atoms with Crippen LogP contribution in [0.4, 0.5) is 0 Å². The molecule has 0 saturated carbocycles. The van der Waals surface area contributed by atoms with Crippen LogP contribution < -0.4 is 5.32 Å². The SMILES string of the molecule is CC/C=C\C/C=C\C/C=C\C/C=C\C/C=C\CCCCCCCCCCCCCCCCCCCCCCCCCCCC(=O)NC(COP(=O)(O)OCC[N+](C)(C)C)C(O)CCCCCCCCCCCCCCCCCCCCCCCCCCCCCCCCC. The molecule has 0 fully saturated rings. The third kappa shape index (κ3) is 77.6. The Bertz CT molecular complexity index is 1720. The average Bonchev–Trinajstić information content (AvgIpc) is 1.77. The Kier molecular flexibility index (Phi) is 74.0. The number of allylic oxidation sites excluding steroid dienone is 10. The van der Waals surface area contributed by atoms with Crippen molar-refractivity contribution in [2.45, 2.75) is 437 Å². The molecular formula is C85H164N2O6P+. The second-order valence-corrected chi connectivity index (χ2v) is 31.3. The fourth-order valence-corrected chi connectivity index (χ4v) is 13.6. The molecule has 554 valence electrons. The highest BCUT2D eigenvalue weighted by molar-refractivity contribution is 7.47. The highest BCUT2D eigenvalue weighted by atomic mass is 31.2. The van der Waals surface area contributed by atoms with Crippen LogP contribution in [-0.2, 0) is 18.4 Å². The number of carbonyl (C=O) groups is 1. The fourth-order valence-electron chi connectivity index (χ4n) is 12.9. The van der Waals surface area contributed by atoms with Gasteiger partial charge in [0.05, 0.1) is 39.9 Å². The second kappa shape index (κ2) is 75.4. The van der Waals surface area contributed by atoms with Gasteiger partial charge in [0, 0.05) is 6.42 Å². The molecule has 0 aliphatic carbocycles. The molecule has 0 spiro atoms. The summed E-state index contributed by atoms with van der Waals surface area (Å²) in [7, 11) is 1.64. The van der Waals surface area contributed by atoms with Crippen LogP contribution in [0.1, 0.15) is 425 Å². The molecule has 0 aromatic rings. The van der Waals surface area contributed by atoms with Crippen LogP contribution in [-0.4, -0.2) is 73.4 Å². The summed E-state index contributed by atoms with van der Waals surface area (Å²) in [6, 6.07) is -0.762. The minimum absolute atomic E-state index is 0.0769. The third-order valence-corrected chi connectivity index (χ3v) is 20.3. The van der Waals surface area contributed by atoms with E-state index in [9.17, 15) is 19.4 Å².